The van der Waals surface area contributed by atoms with Gasteiger partial charge in [-0.25, -0.2) is 0 Å². The summed E-state index contributed by atoms with van der Waals surface area (Å²) in [5.74, 6) is 3.07. The molecule has 35 heavy (non-hydrogen) atoms. The van der Waals surface area contributed by atoms with E-state index in [1.165, 1.54) is 0 Å². The van der Waals surface area contributed by atoms with Crippen molar-refractivity contribution in [3.05, 3.63) is 0 Å². The molecule has 2 saturated heterocycles. The predicted molar refractivity (Wildman–Crippen MR) is 126 cm³/mol. The fraction of sp³-hybridized carbons (Fsp3) is 0.862. The Balaban J connectivity index is 1.22. The summed E-state index contributed by atoms with van der Waals surface area (Å²) in [6.45, 7) is 2.76. The molecule has 2 aliphatic heterocycles. The minimum Gasteiger partial charge on any atom is -0.393 e. The molecule has 0 aromatic heterocycles. The number of cyclic esters (lactones) is 2. The van der Waals surface area contributed by atoms with Gasteiger partial charge >= 0.3 is 11.9 Å². The van der Waals surface area contributed by atoms with E-state index in [0.29, 0.717) is 42.1 Å². The fourth-order valence-electron chi connectivity index (χ4n) is 11.1. The zero-order valence-corrected chi connectivity index (χ0v) is 20.9. The van der Waals surface area contributed by atoms with Crippen LogP contribution in [0.4, 0.5) is 0 Å². The van der Waals surface area contributed by atoms with Crippen LogP contribution >= 0.6 is 0 Å². The van der Waals surface area contributed by atoms with E-state index in [0.717, 1.165) is 70.6 Å². The van der Waals surface area contributed by atoms with Gasteiger partial charge < -0.3 is 4.74 Å². The van der Waals surface area contributed by atoms with Gasteiger partial charge in [0.25, 0.3) is 0 Å². The highest BCUT2D eigenvalue weighted by atomic mass is 16.6. The zero-order chi connectivity index (χ0) is 24.0. The van der Waals surface area contributed by atoms with Crippen LogP contribution in [0.1, 0.15) is 77.6 Å². The number of carbonyl (C=O) groups is 4. The number of ether oxygens (including phenoxy) is 1. The number of hydrogen-bond acceptors (Lipinski definition) is 5. The molecule has 8 unspecified atom stereocenters. The second-order valence-corrected chi connectivity index (χ2v) is 13.0. The molecule has 0 aromatic carbocycles. The van der Waals surface area contributed by atoms with Crippen LogP contribution in [0.25, 0.3) is 0 Å². The van der Waals surface area contributed by atoms with Crippen molar-refractivity contribution in [3.8, 4) is 0 Å². The first-order valence-corrected chi connectivity index (χ1v) is 14.6. The van der Waals surface area contributed by atoms with E-state index in [2.05, 4.69) is 6.92 Å². The summed E-state index contributed by atoms with van der Waals surface area (Å²) in [7, 11) is 0. The van der Waals surface area contributed by atoms with E-state index in [1.54, 1.807) is 4.90 Å². The Labute approximate surface area is 207 Å². The van der Waals surface area contributed by atoms with Crippen LogP contribution in [0.2, 0.25) is 0 Å². The van der Waals surface area contributed by atoms with Crippen LogP contribution < -0.4 is 0 Å². The van der Waals surface area contributed by atoms with Crippen molar-refractivity contribution in [3.63, 3.8) is 0 Å². The summed E-state index contributed by atoms with van der Waals surface area (Å²) in [6, 6.07) is 0. The molecule has 0 bridgehead atoms. The molecule has 2 heterocycles. The lowest BCUT2D eigenvalue weighted by Crippen LogP contribution is -2.67. The summed E-state index contributed by atoms with van der Waals surface area (Å²) < 4.78 is 5.21. The van der Waals surface area contributed by atoms with Gasteiger partial charge in [-0.2, -0.15) is 0 Å². The molecule has 8 atom stereocenters. The van der Waals surface area contributed by atoms with Gasteiger partial charge in [0.1, 0.15) is 0 Å². The lowest BCUT2D eigenvalue weighted by Gasteiger charge is -2.67. The second-order valence-electron chi connectivity index (χ2n) is 13.0. The maximum Gasteiger partial charge on any atom is 0.316 e. The van der Waals surface area contributed by atoms with Crippen LogP contribution in [-0.4, -0.2) is 35.2 Å². The highest BCUT2D eigenvalue weighted by Gasteiger charge is 2.67. The quantitative estimate of drug-likeness (QED) is 0.260. The molecule has 7 rings (SSSR count). The Kier molecular flexibility index (Phi) is 5.23. The van der Waals surface area contributed by atoms with Crippen molar-refractivity contribution in [1.82, 2.24) is 4.90 Å². The van der Waals surface area contributed by atoms with Crippen LogP contribution in [0.15, 0.2) is 0 Å². The second kappa shape index (κ2) is 8.14. The molecule has 7 fully saturated rings. The average molecular weight is 482 g/mol. The number of unbranched alkanes of at least 4 members (excludes halogenated alkanes) is 2. The van der Waals surface area contributed by atoms with Crippen molar-refractivity contribution in [2.24, 2.45) is 71.0 Å². The number of hydrogen-bond donors (Lipinski definition) is 0. The van der Waals surface area contributed by atoms with Gasteiger partial charge in [-0.3, -0.25) is 24.1 Å². The number of rotatable bonds is 4. The van der Waals surface area contributed by atoms with Crippen molar-refractivity contribution in [2.45, 2.75) is 77.6 Å². The maximum absolute atomic E-state index is 13.6. The minimum absolute atomic E-state index is 0.0267. The number of amides is 2. The first kappa shape index (κ1) is 22.5. The standard InChI is InChI=1S/C29H39NO5/c1-2-3-4-13-30-26(31)18-9-5-14-16-7-11-20-25-21(29(34)35-28(20)33)12-8-17(23(16)25)15-6-10-19(27(30)32)24(18)22(14)15/h14-25H,2-13H2,1H3. The van der Waals surface area contributed by atoms with Crippen LogP contribution in [0, 0.1) is 71.0 Å². The van der Waals surface area contributed by atoms with Crippen molar-refractivity contribution in [2.75, 3.05) is 6.54 Å². The number of imide groups is 1. The summed E-state index contributed by atoms with van der Waals surface area (Å²) in [6.07, 6.45) is 10.8. The summed E-state index contributed by atoms with van der Waals surface area (Å²) >= 11 is 0. The number of fused-ring (bicyclic) bond motifs is 2. The van der Waals surface area contributed by atoms with E-state index >= 15 is 0 Å². The number of esters is 2. The van der Waals surface area contributed by atoms with Gasteiger partial charge in [0.05, 0.1) is 11.8 Å². The van der Waals surface area contributed by atoms with Gasteiger partial charge in [0, 0.05) is 18.4 Å². The molecular formula is C29H39NO5. The molecule has 7 aliphatic rings. The molecular weight excluding hydrogens is 442 g/mol. The highest BCUT2D eigenvalue weighted by molar-refractivity contribution is 6.00. The molecule has 190 valence electrons. The van der Waals surface area contributed by atoms with Gasteiger partial charge in [-0.05, 0) is 105 Å². The number of piperidine rings is 1. The Morgan fingerprint density at radius 1 is 0.600 bits per heavy atom. The molecule has 0 spiro atoms. The zero-order valence-electron chi connectivity index (χ0n) is 20.9. The first-order valence-electron chi connectivity index (χ1n) is 14.6. The minimum atomic E-state index is -0.267. The normalized spacial score (nSPS) is 49.8. The molecule has 5 aliphatic carbocycles. The molecule has 0 N–H and O–H groups in total. The SMILES string of the molecule is CCCCCN1C(=O)C2CCC3C4CCC5C(=O)OC(=O)C6CCC(C7CCC(C1=O)C2C37)C4C56. The van der Waals surface area contributed by atoms with Crippen molar-refractivity contribution in [1.29, 1.82) is 0 Å². The van der Waals surface area contributed by atoms with Crippen molar-refractivity contribution < 1.29 is 23.9 Å². The van der Waals surface area contributed by atoms with E-state index < -0.39 is 0 Å². The molecule has 0 aromatic rings. The van der Waals surface area contributed by atoms with E-state index in [9.17, 15) is 19.2 Å². The average Bonchev–Trinajstić information content (AvgIpc) is 2.87. The summed E-state index contributed by atoms with van der Waals surface area (Å²) in [5, 5.41) is 0. The Bertz CT molecular complexity index is 895. The van der Waals surface area contributed by atoms with Crippen LogP contribution in [0.3, 0.4) is 0 Å². The summed E-state index contributed by atoms with van der Waals surface area (Å²) in [5.41, 5.74) is 0. The third kappa shape index (κ3) is 3.00. The first-order chi connectivity index (χ1) is 17.0. The van der Waals surface area contributed by atoms with Crippen molar-refractivity contribution >= 4 is 23.8 Å². The molecule has 6 nitrogen and oxygen atoms in total. The third-order valence-corrected chi connectivity index (χ3v) is 12.0. The van der Waals surface area contributed by atoms with E-state index in [4.69, 9.17) is 4.74 Å². The number of nitrogens with zero attached hydrogens (tertiary/aromatic N) is 1. The Hall–Kier alpha value is -1.72. The summed E-state index contributed by atoms with van der Waals surface area (Å²) in [4.78, 5) is 54.3. The Morgan fingerprint density at radius 2 is 1.03 bits per heavy atom. The fourth-order valence-corrected chi connectivity index (χ4v) is 11.1. The van der Waals surface area contributed by atoms with E-state index in [1.807, 2.05) is 0 Å². The highest BCUT2D eigenvalue weighted by Crippen LogP contribution is 2.69. The molecule has 6 heteroatoms. The predicted octanol–water partition coefficient (Wildman–Crippen LogP) is 4.21. The van der Waals surface area contributed by atoms with Gasteiger partial charge in [-0.1, -0.05) is 19.8 Å². The largest absolute Gasteiger partial charge is 0.393 e. The molecule has 0 radical (unpaired) electrons. The smallest absolute Gasteiger partial charge is 0.316 e. The lowest BCUT2D eigenvalue weighted by molar-refractivity contribution is -0.217. The molecule has 5 saturated carbocycles. The number of carbonyl (C=O) groups excluding carboxylic acids is 4. The molecule has 2 amide bonds. The van der Waals surface area contributed by atoms with Crippen LogP contribution in [0.5, 0.6) is 0 Å². The topological polar surface area (TPSA) is 80.8 Å². The number of likely N-dealkylation sites (tertiary alicyclic amines) is 1. The monoisotopic (exact) mass is 481 g/mol. The van der Waals surface area contributed by atoms with Gasteiger partial charge in [-0.15, -0.1) is 0 Å². The Morgan fingerprint density at radius 3 is 1.49 bits per heavy atom. The van der Waals surface area contributed by atoms with Crippen LogP contribution in [-0.2, 0) is 23.9 Å². The van der Waals surface area contributed by atoms with E-state index in [-0.39, 0.29) is 59.3 Å². The van der Waals surface area contributed by atoms with Gasteiger partial charge in [0.15, 0.2) is 0 Å². The van der Waals surface area contributed by atoms with Gasteiger partial charge in [0.2, 0.25) is 11.8 Å². The lowest BCUT2D eigenvalue weighted by atomic mass is 9.38. The third-order valence-electron chi connectivity index (χ3n) is 12.0. The maximum atomic E-state index is 13.6.